The Morgan fingerprint density at radius 3 is 1.96 bits per heavy atom. The fourth-order valence-electron chi connectivity index (χ4n) is 2.09. The lowest BCUT2D eigenvalue weighted by Gasteiger charge is -2.13. The lowest BCUT2D eigenvalue weighted by atomic mass is 10.0. The largest absolute Gasteiger partial charge is 0.370 e. The normalized spacial score (nSPS) is 14.3. The highest BCUT2D eigenvalue weighted by Crippen LogP contribution is 2.48. The van der Waals surface area contributed by atoms with E-state index in [9.17, 15) is 0 Å². The second-order valence-electron chi connectivity index (χ2n) is 5.85. The van der Waals surface area contributed by atoms with E-state index in [0.29, 0.717) is 5.41 Å². The average molecular weight is 329 g/mol. The fourth-order valence-corrected chi connectivity index (χ4v) is 2.09. The van der Waals surface area contributed by atoms with Crippen molar-refractivity contribution in [1.82, 2.24) is 10.6 Å². The monoisotopic (exact) mass is 328 g/mol. The second-order valence-corrected chi connectivity index (χ2v) is 5.85. The molecule has 0 heterocycles. The Bertz CT molecular complexity index is 341. The standard InChI is InChI=1S/C9H20N4.C6H16N4/c1-2-12-7-9(3-4-9)5-6-13-8(10)11;1-2-9-4-3-5-10-6(7)8/h12H,2-7H2,1H3,(H4,10,11,13);9H,2-5H2,1H3,(H4,7,8,10). The minimum Gasteiger partial charge on any atom is -0.370 e. The van der Waals surface area contributed by atoms with Crippen molar-refractivity contribution < 1.29 is 0 Å². The van der Waals surface area contributed by atoms with Gasteiger partial charge in [-0.25, -0.2) is 0 Å². The van der Waals surface area contributed by atoms with Gasteiger partial charge in [0.2, 0.25) is 0 Å². The lowest BCUT2D eigenvalue weighted by molar-refractivity contribution is 0.438. The number of rotatable bonds is 11. The van der Waals surface area contributed by atoms with Gasteiger partial charge in [0.05, 0.1) is 0 Å². The van der Waals surface area contributed by atoms with E-state index < -0.39 is 0 Å². The van der Waals surface area contributed by atoms with Crippen molar-refractivity contribution in [3.05, 3.63) is 0 Å². The summed E-state index contributed by atoms with van der Waals surface area (Å²) < 4.78 is 0. The molecular formula is C15H36N8. The third kappa shape index (κ3) is 13.8. The molecule has 0 aromatic carbocycles. The predicted molar refractivity (Wildman–Crippen MR) is 99.3 cm³/mol. The van der Waals surface area contributed by atoms with Crippen LogP contribution in [0.2, 0.25) is 0 Å². The van der Waals surface area contributed by atoms with Gasteiger partial charge in [-0.1, -0.05) is 13.8 Å². The number of nitrogens with one attached hydrogen (secondary N) is 2. The van der Waals surface area contributed by atoms with E-state index in [2.05, 4.69) is 34.5 Å². The van der Waals surface area contributed by atoms with E-state index in [1.807, 2.05) is 0 Å². The van der Waals surface area contributed by atoms with Crippen LogP contribution in [0.5, 0.6) is 0 Å². The van der Waals surface area contributed by atoms with E-state index in [1.165, 1.54) is 12.8 Å². The third-order valence-electron chi connectivity index (χ3n) is 3.70. The highest BCUT2D eigenvalue weighted by Gasteiger charge is 2.41. The van der Waals surface area contributed by atoms with Crippen molar-refractivity contribution in [3.8, 4) is 0 Å². The first-order chi connectivity index (χ1) is 11.0. The summed E-state index contributed by atoms with van der Waals surface area (Å²) in [5.41, 5.74) is 21.2. The molecule has 1 fully saturated rings. The zero-order chi connectivity index (χ0) is 17.6. The summed E-state index contributed by atoms with van der Waals surface area (Å²) in [5.74, 6) is 0.385. The quantitative estimate of drug-likeness (QED) is 0.167. The van der Waals surface area contributed by atoms with Crippen LogP contribution in [0.4, 0.5) is 0 Å². The molecule has 1 aliphatic carbocycles. The molecule has 8 nitrogen and oxygen atoms in total. The molecule has 1 aliphatic rings. The van der Waals surface area contributed by atoms with Gasteiger partial charge in [0.25, 0.3) is 0 Å². The number of nitrogens with two attached hydrogens (primary N) is 4. The van der Waals surface area contributed by atoms with Crippen LogP contribution in [0, 0.1) is 5.41 Å². The van der Waals surface area contributed by atoms with Crippen LogP contribution in [0.3, 0.4) is 0 Å². The first-order valence-corrected chi connectivity index (χ1v) is 8.48. The maximum Gasteiger partial charge on any atom is 0.185 e. The van der Waals surface area contributed by atoms with Crippen molar-refractivity contribution in [3.63, 3.8) is 0 Å². The van der Waals surface area contributed by atoms with Crippen molar-refractivity contribution >= 4 is 11.9 Å². The minimum atomic E-state index is 0.177. The van der Waals surface area contributed by atoms with Crippen LogP contribution in [-0.4, -0.2) is 51.2 Å². The molecule has 0 spiro atoms. The van der Waals surface area contributed by atoms with E-state index >= 15 is 0 Å². The number of hydrogen-bond acceptors (Lipinski definition) is 4. The van der Waals surface area contributed by atoms with Crippen LogP contribution in [0.25, 0.3) is 0 Å². The minimum absolute atomic E-state index is 0.177. The number of nitrogens with zero attached hydrogens (tertiary/aromatic N) is 2. The molecule has 0 unspecified atom stereocenters. The Morgan fingerprint density at radius 1 is 0.913 bits per heavy atom. The summed E-state index contributed by atoms with van der Waals surface area (Å²) >= 11 is 0. The fraction of sp³-hybridized carbons (Fsp3) is 0.867. The molecule has 0 aromatic rings. The summed E-state index contributed by atoms with van der Waals surface area (Å²) in [6, 6.07) is 0. The number of aliphatic imine (C=N–C) groups is 2. The Labute approximate surface area is 140 Å². The zero-order valence-corrected chi connectivity index (χ0v) is 14.8. The van der Waals surface area contributed by atoms with Crippen LogP contribution < -0.4 is 33.6 Å². The van der Waals surface area contributed by atoms with E-state index in [4.69, 9.17) is 22.9 Å². The first-order valence-electron chi connectivity index (χ1n) is 8.48. The van der Waals surface area contributed by atoms with Crippen molar-refractivity contribution in [2.24, 2.45) is 38.3 Å². The van der Waals surface area contributed by atoms with Gasteiger partial charge >= 0.3 is 0 Å². The van der Waals surface area contributed by atoms with Gasteiger partial charge in [0.15, 0.2) is 11.9 Å². The molecule has 0 radical (unpaired) electrons. The molecular weight excluding hydrogens is 292 g/mol. The Morgan fingerprint density at radius 2 is 1.48 bits per heavy atom. The highest BCUT2D eigenvalue weighted by atomic mass is 15.0. The topological polar surface area (TPSA) is 153 Å². The average Bonchev–Trinajstić information content (AvgIpc) is 3.25. The first kappa shape index (κ1) is 21.5. The summed E-state index contributed by atoms with van der Waals surface area (Å²) in [7, 11) is 0. The van der Waals surface area contributed by atoms with E-state index in [0.717, 1.165) is 52.1 Å². The Balaban J connectivity index is 0.000000438. The van der Waals surface area contributed by atoms with Gasteiger partial charge in [0.1, 0.15) is 0 Å². The van der Waals surface area contributed by atoms with Crippen LogP contribution >= 0.6 is 0 Å². The number of guanidine groups is 2. The highest BCUT2D eigenvalue weighted by molar-refractivity contribution is 5.75. The van der Waals surface area contributed by atoms with Gasteiger partial charge < -0.3 is 33.6 Å². The maximum absolute atomic E-state index is 5.25. The third-order valence-corrected chi connectivity index (χ3v) is 3.70. The Hall–Kier alpha value is -1.54. The predicted octanol–water partition coefficient (Wildman–Crippen LogP) is -0.701. The Kier molecular flexibility index (Phi) is 12.1. The maximum atomic E-state index is 5.25. The molecule has 0 atom stereocenters. The summed E-state index contributed by atoms with van der Waals surface area (Å²) in [6.45, 7) is 9.83. The molecule has 0 aromatic heterocycles. The molecule has 0 amide bonds. The SMILES string of the molecule is CCNCC1(CCN=C(N)N)CC1.CCNCCCN=C(N)N. The smallest absolute Gasteiger partial charge is 0.185 e. The van der Waals surface area contributed by atoms with Crippen molar-refractivity contribution in [2.45, 2.75) is 39.5 Å². The van der Waals surface area contributed by atoms with Crippen molar-refractivity contribution in [2.75, 3.05) is 39.3 Å². The number of hydrogen-bond donors (Lipinski definition) is 6. The molecule has 0 aliphatic heterocycles. The van der Waals surface area contributed by atoms with Gasteiger partial charge in [-0.2, -0.15) is 0 Å². The summed E-state index contributed by atoms with van der Waals surface area (Å²) in [6.07, 6.45) is 4.74. The van der Waals surface area contributed by atoms with E-state index in [-0.39, 0.29) is 11.9 Å². The van der Waals surface area contributed by atoms with E-state index in [1.54, 1.807) is 0 Å². The van der Waals surface area contributed by atoms with Crippen LogP contribution in [0.15, 0.2) is 9.98 Å². The summed E-state index contributed by atoms with van der Waals surface area (Å²) in [4.78, 5) is 7.83. The molecule has 10 N–H and O–H groups in total. The van der Waals surface area contributed by atoms with Crippen LogP contribution in [0.1, 0.15) is 39.5 Å². The molecule has 23 heavy (non-hydrogen) atoms. The molecule has 8 heteroatoms. The van der Waals surface area contributed by atoms with Gasteiger partial charge in [0, 0.05) is 19.6 Å². The van der Waals surface area contributed by atoms with Crippen LogP contribution in [-0.2, 0) is 0 Å². The summed E-state index contributed by atoms with van der Waals surface area (Å²) in [5, 5.41) is 6.55. The molecule has 136 valence electrons. The molecule has 0 saturated heterocycles. The molecule has 0 bridgehead atoms. The molecule has 1 saturated carbocycles. The van der Waals surface area contributed by atoms with Gasteiger partial charge in [-0.05, 0) is 50.7 Å². The van der Waals surface area contributed by atoms with Crippen molar-refractivity contribution in [1.29, 1.82) is 0 Å². The zero-order valence-electron chi connectivity index (χ0n) is 14.8. The lowest BCUT2D eigenvalue weighted by Crippen LogP contribution is -2.26. The van der Waals surface area contributed by atoms with Gasteiger partial charge in [-0.3, -0.25) is 9.98 Å². The molecule has 1 rings (SSSR count). The van der Waals surface area contributed by atoms with Gasteiger partial charge in [-0.15, -0.1) is 0 Å². The second kappa shape index (κ2) is 13.0.